The Morgan fingerprint density at radius 2 is 2.10 bits per heavy atom. The first kappa shape index (κ1) is 14.1. The van der Waals surface area contributed by atoms with Gasteiger partial charge in [0.15, 0.2) is 0 Å². The van der Waals surface area contributed by atoms with E-state index in [9.17, 15) is 4.79 Å². The van der Waals surface area contributed by atoms with E-state index in [1.807, 2.05) is 24.3 Å². The minimum Gasteiger partial charge on any atom is -0.331 e. The van der Waals surface area contributed by atoms with Crippen molar-refractivity contribution in [2.75, 3.05) is 5.32 Å². The van der Waals surface area contributed by atoms with Crippen LogP contribution in [-0.4, -0.2) is 15.9 Å². The highest BCUT2D eigenvalue weighted by Crippen LogP contribution is 2.33. The summed E-state index contributed by atoms with van der Waals surface area (Å²) in [5, 5.41) is 3.38. The minimum absolute atomic E-state index is 0.00322. The molecule has 2 aromatic rings. The Labute approximate surface area is 127 Å². The average Bonchev–Trinajstić information content (AvgIpc) is 2.85. The monoisotopic (exact) mass is 304 g/mol. The van der Waals surface area contributed by atoms with Gasteiger partial charge < -0.3 is 16.0 Å². The Kier molecular flexibility index (Phi) is 3.94. The second-order valence-corrected chi connectivity index (χ2v) is 5.61. The van der Waals surface area contributed by atoms with Crippen molar-refractivity contribution in [2.24, 2.45) is 5.73 Å². The number of nitrogens with zero attached hydrogens (tertiary/aromatic N) is 1. The van der Waals surface area contributed by atoms with Crippen molar-refractivity contribution in [3.63, 3.8) is 0 Å². The van der Waals surface area contributed by atoms with Crippen molar-refractivity contribution in [3.05, 3.63) is 35.2 Å². The van der Waals surface area contributed by atoms with Crippen LogP contribution in [0.15, 0.2) is 24.3 Å². The number of nitrogens with two attached hydrogens (primary N) is 1. The molecule has 1 aliphatic rings. The van der Waals surface area contributed by atoms with E-state index in [1.54, 1.807) is 0 Å². The van der Waals surface area contributed by atoms with Crippen LogP contribution in [0.25, 0.3) is 11.3 Å². The van der Waals surface area contributed by atoms with Crippen LogP contribution in [-0.2, 0) is 4.79 Å². The highest BCUT2D eigenvalue weighted by Gasteiger charge is 2.19. The number of benzene rings is 1. The number of rotatable bonds is 0. The third kappa shape index (κ3) is 2.94. The third-order valence-corrected chi connectivity index (χ3v) is 3.93. The topological polar surface area (TPSA) is 83.8 Å². The molecule has 1 aliphatic heterocycles. The molecule has 110 valence electrons. The zero-order valence-corrected chi connectivity index (χ0v) is 12.3. The van der Waals surface area contributed by atoms with Crippen molar-refractivity contribution < 1.29 is 4.79 Å². The Hall–Kier alpha value is -1.85. The summed E-state index contributed by atoms with van der Waals surface area (Å²) in [5.41, 5.74) is 8.27. The van der Waals surface area contributed by atoms with E-state index < -0.39 is 0 Å². The molecule has 0 spiro atoms. The molecule has 0 fully saturated rings. The summed E-state index contributed by atoms with van der Waals surface area (Å²) in [6, 6.07) is 7.31. The van der Waals surface area contributed by atoms with Gasteiger partial charge in [-0.05, 0) is 18.9 Å². The lowest BCUT2D eigenvalue weighted by Crippen LogP contribution is -2.15. The predicted molar refractivity (Wildman–Crippen MR) is 83.1 cm³/mol. The van der Waals surface area contributed by atoms with Crippen LogP contribution in [0, 0.1) is 0 Å². The molecule has 2 heterocycles. The van der Waals surface area contributed by atoms with Crippen LogP contribution in [0.3, 0.4) is 0 Å². The molecule has 1 atom stereocenters. The van der Waals surface area contributed by atoms with Crippen LogP contribution in [0.1, 0.15) is 37.5 Å². The van der Waals surface area contributed by atoms with E-state index in [0.717, 1.165) is 30.5 Å². The normalized spacial score (nSPS) is 19.1. The molecule has 21 heavy (non-hydrogen) atoms. The Morgan fingerprint density at radius 3 is 2.95 bits per heavy atom. The van der Waals surface area contributed by atoms with E-state index in [0.29, 0.717) is 23.1 Å². The van der Waals surface area contributed by atoms with E-state index >= 15 is 0 Å². The van der Waals surface area contributed by atoms with Crippen molar-refractivity contribution in [2.45, 2.75) is 31.7 Å². The lowest BCUT2D eigenvalue weighted by Gasteiger charge is -2.12. The van der Waals surface area contributed by atoms with Gasteiger partial charge in [-0.15, -0.1) is 0 Å². The summed E-state index contributed by atoms with van der Waals surface area (Å²) < 4.78 is 0. The summed E-state index contributed by atoms with van der Waals surface area (Å²) in [4.78, 5) is 19.6. The summed E-state index contributed by atoms with van der Waals surface area (Å²) in [6.45, 7) is 0. The van der Waals surface area contributed by atoms with E-state index in [2.05, 4.69) is 15.3 Å². The maximum Gasteiger partial charge on any atom is 0.224 e. The zero-order valence-electron chi connectivity index (χ0n) is 11.5. The molecule has 0 saturated heterocycles. The number of H-pyrrole nitrogens is 1. The largest absolute Gasteiger partial charge is 0.331 e. The van der Waals surface area contributed by atoms with Crippen molar-refractivity contribution in [3.8, 4) is 11.3 Å². The molecule has 1 unspecified atom stereocenters. The van der Waals surface area contributed by atoms with Gasteiger partial charge in [-0.1, -0.05) is 36.2 Å². The van der Waals surface area contributed by atoms with Crippen LogP contribution in [0.5, 0.6) is 0 Å². The number of hydrogen-bond acceptors (Lipinski definition) is 3. The fourth-order valence-electron chi connectivity index (χ4n) is 2.52. The molecule has 5 nitrogen and oxygen atoms in total. The number of aromatic nitrogens is 2. The van der Waals surface area contributed by atoms with Crippen LogP contribution in [0.4, 0.5) is 5.69 Å². The molecule has 1 aromatic heterocycles. The predicted octanol–water partition coefficient (Wildman–Crippen LogP) is 3.24. The number of anilines is 1. The number of aromatic amines is 1. The fraction of sp³-hybridized carbons (Fsp3) is 0.333. The Bertz CT molecular complexity index is 667. The fourth-order valence-corrected chi connectivity index (χ4v) is 2.76. The number of carbonyl (C=O) groups excluding carboxylic acids is 1. The van der Waals surface area contributed by atoms with Gasteiger partial charge in [0.05, 0.1) is 11.7 Å². The van der Waals surface area contributed by atoms with Gasteiger partial charge in [-0.3, -0.25) is 4.79 Å². The van der Waals surface area contributed by atoms with Gasteiger partial charge in [-0.2, -0.15) is 0 Å². The average molecular weight is 305 g/mol. The number of para-hydroxylation sites is 1. The second-order valence-electron chi connectivity index (χ2n) is 5.23. The maximum atomic E-state index is 12.0. The number of nitrogens with one attached hydrogen (secondary N) is 2. The van der Waals surface area contributed by atoms with E-state index in [1.165, 1.54) is 0 Å². The molecular weight excluding hydrogens is 288 g/mol. The summed E-state index contributed by atoms with van der Waals surface area (Å²) in [6.07, 6.45) is 2.96. The van der Waals surface area contributed by atoms with Crippen LogP contribution >= 0.6 is 11.6 Å². The van der Waals surface area contributed by atoms with Gasteiger partial charge in [-0.25, -0.2) is 4.98 Å². The van der Waals surface area contributed by atoms with E-state index in [-0.39, 0.29) is 11.9 Å². The first-order valence-electron chi connectivity index (χ1n) is 7.05. The SMILES string of the molecule is NC1CCCCC(=O)Nc2ccccc2-c2nc1[nH]c2Cl. The minimum atomic E-state index is -0.189. The number of fused-ring (bicyclic) bond motifs is 4. The molecule has 1 amide bonds. The molecule has 0 aliphatic carbocycles. The van der Waals surface area contributed by atoms with Crippen molar-refractivity contribution in [1.29, 1.82) is 0 Å². The van der Waals surface area contributed by atoms with Gasteiger partial charge in [0.25, 0.3) is 0 Å². The van der Waals surface area contributed by atoms with E-state index in [4.69, 9.17) is 17.3 Å². The van der Waals surface area contributed by atoms with Gasteiger partial charge in [0.1, 0.15) is 16.7 Å². The molecule has 2 bridgehead atoms. The first-order valence-corrected chi connectivity index (χ1v) is 7.43. The highest BCUT2D eigenvalue weighted by molar-refractivity contribution is 6.32. The summed E-state index contributed by atoms with van der Waals surface area (Å²) in [5.74, 6) is 0.695. The van der Waals surface area contributed by atoms with Crippen LogP contribution in [0.2, 0.25) is 5.15 Å². The number of halogens is 1. The summed E-state index contributed by atoms with van der Waals surface area (Å²) in [7, 11) is 0. The lowest BCUT2D eigenvalue weighted by atomic mass is 10.1. The van der Waals surface area contributed by atoms with Crippen molar-refractivity contribution in [1.82, 2.24) is 9.97 Å². The molecular formula is C15H17ClN4O. The first-order chi connectivity index (χ1) is 10.1. The van der Waals surface area contributed by atoms with Crippen LogP contribution < -0.4 is 11.1 Å². The smallest absolute Gasteiger partial charge is 0.224 e. The quantitative estimate of drug-likeness (QED) is 0.698. The summed E-state index contributed by atoms with van der Waals surface area (Å²) >= 11 is 6.26. The number of amides is 1. The Morgan fingerprint density at radius 1 is 1.29 bits per heavy atom. The molecule has 4 N–H and O–H groups in total. The van der Waals surface area contributed by atoms with Gasteiger partial charge in [0.2, 0.25) is 5.91 Å². The standard InChI is InChI=1S/C15H17ClN4O/c16-14-13-9-5-1-3-7-11(9)18-12(21)8-4-2-6-10(17)15(19-13)20-14/h1,3,5,7,10H,2,4,6,8,17H2,(H,18,21)(H,19,20). The third-order valence-electron chi connectivity index (χ3n) is 3.65. The molecule has 0 saturated carbocycles. The molecule has 0 radical (unpaired) electrons. The van der Waals surface area contributed by atoms with Gasteiger partial charge >= 0.3 is 0 Å². The lowest BCUT2D eigenvalue weighted by molar-refractivity contribution is -0.116. The van der Waals surface area contributed by atoms with Crippen molar-refractivity contribution >= 4 is 23.2 Å². The maximum absolute atomic E-state index is 12.0. The molecule has 6 heteroatoms. The Balaban J connectivity index is 2.10. The van der Waals surface area contributed by atoms with Gasteiger partial charge in [0, 0.05) is 12.0 Å². The molecule has 3 rings (SSSR count). The zero-order chi connectivity index (χ0) is 14.8. The number of imidazole rings is 1. The number of hydrogen-bond donors (Lipinski definition) is 3. The second kappa shape index (κ2) is 5.87. The molecule has 1 aromatic carbocycles. The highest BCUT2D eigenvalue weighted by atomic mass is 35.5. The number of carbonyl (C=O) groups is 1.